The van der Waals surface area contributed by atoms with Crippen molar-refractivity contribution in [1.82, 2.24) is 4.98 Å². The fraction of sp³-hybridized carbons (Fsp3) is 0.0833. The quantitative estimate of drug-likeness (QED) is 0.633. The lowest BCUT2D eigenvalue weighted by molar-refractivity contribution is -0.384. The number of non-ortho nitro benzene ring substituents is 1. The Morgan fingerprint density at radius 3 is 2.65 bits per heavy atom. The first-order valence-corrected chi connectivity index (χ1v) is 5.04. The molecule has 0 spiro atoms. The zero-order valence-electron chi connectivity index (χ0n) is 9.25. The molecule has 0 atom stereocenters. The number of aromatic nitrogens is 1. The van der Waals surface area contributed by atoms with Crippen LogP contribution in [-0.2, 0) is 0 Å². The number of anilines is 1. The predicted molar refractivity (Wildman–Crippen MR) is 65.5 cm³/mol. The topological polar surface area (TPSA) is 82.0 Å². The van der Waals surface area contributed by atoms with Crippen molar-refractivity contribution in [3.8, 4) is 11.1 Å². The van der Waals surface area contributed by atoms with E-state index in [-0.39, 0.29) is 5.69 Å². The van der Waals surface area contributed by atoms with E-state index in [0.29, 0.717) is 5.69 Å². The van der Waals surface area contributed by atoms with E-state index in [1.165, 1.54) is 12.1 Å². The Bertz CT molecular complexity index is 582. The number of nitrogens with zero attached hydrogens (tertiary/aromatic N) is 2. The molecule has 1 heterocycles. The average Bonchev–Trinajstić information content (AvgIpc) is 2.30. The minimum atomic E-state index is -0.413. The second kappa shape index (κ2) is 4.21. The molecule has 0 unspecified atom stereocenters. The number of nitro benzene ring substituents is 1. The van der Waals surface area contributed by atoms with E-state index < -0.39 is 4.92 Å². The highest BCUT2D eigenvalue weighted by Gasteiger charge is 2.10. The van der Waals surface area contributed by atoms with E-state index in [0.717, 1.165) is 16.7 Å². The number of nitro groups is 1. The van der Waals surface area contributed by atoms with Crippen molar-refractivity contribution < 1.29 is 4.92 Å². The van der Waals surface area contributed by atoms with Crippen LogP contribution in [0.1, 0.15) is 5.56 Å². The number of benzene rings is 1. The van der Waals surface area contributed by atoms with E-state index in [9.17, 15) is 10.1 Å². The van der Waals surface area contributed by atoms with Gasteiger partial charge in [-0.25, -0.2) is 0 Å². The Morgan fingerprint density at radius 2 is 2.06 bits per heavy atom. The first kappa shape index (κ1) is 11.1. The van der Waals surface area contributed by atoms with Gasteiger partial charge in [-0.3, -0.25) is 15.1 Å². The van der Waals surface area contributed by atoms with Gasteiger partial charge in [0.25, 0.3) is 5.69 Å². The van der Waals surface area contributed by atoms with Crippen molar-refractivity contribution in [3.63, 3.8) is 0 Å². The fourth-order valence-electron chi connectivity index (χ4n) is 1.69. The zero-order chi connectivity index (χ0) is 12.4. The second-order valence-corrected chi connectivity index (χ2v) is 3.72. The summed E-state index contributed by atoms with van der Waals surface area (Å²) in [5.74, 6) is 0. The molecule has 17 heavy (non-hydrogen) atoms. The normalized spacial score (nSPS) is 10.2. The molecular formula is C12H11N3O2. The van der Waals surface area contributed by atoms with Crippen LogP contribution in [0.4, 0.5) is 11.4 Å². The molecule has 0 aliphatic carbocycles. The van der Waals surface area contributed by atoms with Gasteiger partial charge in [-0.05, 0) is 30.2 Å². The fourth-order valence-corrected chi connectivity index (χ4v) is 1.69. The molecule has 0 aliphatic rings. The number of rotatable bonds is 2. The number of aryl methyl sites for hydroxylation is 1. The lowest BCUT2D eigenvalue weighted by atomic mass is 10.0. The minimum absolute atomic E-state index is 0.0775. The lowest BCUT2D eigenvalue weighted by Crippen LogP contribution is -1.94. The van der Waals surface area contributed by atoms with Gasteiger partial charge in [0.2, 0.25) is 0 Å². The highest BCUT2D eigenvalue weighted by atomic mass is 16.6. The SMILES string of the molecule is Cc1cc([N+](=O)[O-])ccc1-c1cnccc1N. The molecule has 0 radical (unpaired) electrons. The molecule has 0 saturated heterocycles. The zero-order valence-corrected chi connectivity index (χ0v) is 9.25. The molecule has 0 aliphatic heterocycles. The molecule has 0 fully saturated rings. The largest absolute Gasteiger partial charge is 0.398 e. The summed E-state index contributed by atoms with van der Waals surface area (Å²) in [7, 11) is 0. The van der Waals surface area contributed by atoms with Gasteiger partial charge in [-0.2, -0.15) is 0 Å². The number of nitrogen functional groups attached to an aromatic ring is 1. The Hall–Kier alpha value is -2.43. The molecule has 1 aromatic heterocycles. The molecule has 5 heteroatoms. The van der Waals surface area contributed by atoms with Gasteiger partial charge >= 0.3 is 0 Å². The maximum Gasteiger partial charge on any atom is 0.269 e. The molecule has 1 aromatic carbocycles. The van der Waals surface area contributed by atoms with Crippen LogP contribution in [0.3, 0.4) is 0 Å². The summed E-state index contributed by atoms with van der Waals surface area (Å²) < 4.78 is 0. The van der Waals surface area contributed by atoms with Crippen LogP contribution in [0.25, 0.3) is 11.1 Å². The van der Waals surface area contributed by atoms with E-state index in [2.05, 4.69) is 4.98 Å². The maximum absolute atomic E-state index is 10.6. The van der Waals surface area contributed by atoms with Crippen LogP contribution in [0.15, 0.2) is 36.7 Å². The number of hydrogen-bond donors (Lipinski definition) is 1. The summed E-state index contributed by atoms with van der Waals surface area (Å²) in [6.07, 6.45) is 3.27. The van der Waals surface area contributed by atoms with Crippen molar-refractivity contribution >= 4 is 11.4 Å². The number of nitrogens with two attached hydrogens (primary N) is 1. The van der Waals surface area contributed by atoms with E-state index >= 15 is 0 Å². The predicted octanol–water partition coefficient (Wildman–Crippen LogP) is 2.55. The van der Waals surface area contributed by atoms with Crippen LogP contribution in [0.2, 0.25) is 0 Å². The standard InChI is InChI=1S/C12H11N3O2/c1-8-6-9(15(16)17)2-3-10(8)11-7-14-5-4-12(11)13/h2-7H,1H3,(H2,13,14). The van der Waals surface area contributed by atoms with Gasteiger partial charge < -0.3 is 5.73 Å². The number of hydrogen-bond acceptors (Lipinski definition) is 4. The van der Waals surface area contributed by atoms with E-state index in [1.54, 1.807) is 24.5 Å². The van der Waals surface area contributed by atoms with Crippen molar-refractivity contribution in [2.24, 2.45) is 0 Å². The van der Waals surface area contributed by atoms with Crippen LogP contribution in [-0.4, -0.2) is 9.91 Å². The van der Waals surface area contributed by atoms with Crippen LogP contribution in [0, 0.1) is 17.0 Å². The third kappa shape index (κ3) is 2.08. The number of pyridine rings is 1. The van der Waals surface area contributed by atoms with Crippen molar-refractivity contribution in [3.05, 3.63) is 52.3 Å². The van der Waals surface area contributed by atoms with Crippen molar-refractivity contribution in [2.45, 2.75) is 6.92 Å². The summed E-state index contributed by atoms with van der Waals surface area (Å²) in [6, 6.07) is 6.40. The van der Waals surface area contributed by atoms with Crippen LogP contribution in [0.5, 0.6) is 0 Å². The molecular weight excluding hydrogens is 218 g/mol. The molecule has 0 bridgehead atoms. The van der Waals surface area contributed by atoms with Crippen LogP contribution < -0.4 is 5.73 Å². The Morgan fingerprint density at radius 1 is 1.29 bits per heavy atom. The Labute approximate surface area is 98.1 Å². The smallest absolute Gasteiger partial charge is 0.269 e. The molecule has 2 rings (SSSR count). The summed E-state index contributed by atoms with van der Waals surface area (Å²) >= 11 is 0. The molecule has 5 nitrogen and oxygen atoms in total. The van der Waals surface area contributed by atoms with E-state index in [1.807, 2.05) is 6.92 Å². The van der Waals surface area contributed by atoms with Gasteiger partial charge in [-0.1, -0.05) is 0 Å². The first-order chi connectivity index (χ1) is 8.09. The van der Waals surface area contributed by atoms with Gasteiger partial charge in [0.1, 0.15) is 0 Å². The maximum atomic E-state index is 10.6. The van der Waals surface area contributed by atoms with Crippen molar-refractivity contribution in [1.29, 1.82) is 0 Å². The Balaban J connectivity index is 2.55. The molecule has 0 amide bonds. The van der Waals surface area contributed by atoms with Gasteiger partial charge in [0, 0.05) is 35.8 Å². The minimum Gasteiger partial charge on any atom is -0.398 e. The highest BCUT2D eigenvalue weighted by Crippen LogP contribution is 2.29. The highest BCUT2D eigenvalue weighted by molar-refractivity contribution is 5.78. The summed E-state index contributed by atoms with van der Waals surface area (Å²) in [4.78, 5) is 14.2. The molecule has 2 aromatic rings. The van der Waals surface area contributed by atoms with Gasteiger partial charge in [-0.15, -0.1) is 0 Å². The molecule has 86 valence electrons. The third-order valence-electron chi connectivity index (χ3n) is 2.57. The summed E-state index contributed by atoms with van der Waals surface area (Å²) in [6.45, 7) is 1.81. The van der Waals surface area contributed by atoms with E-state index in [4.69, 9.17) is 5.73 Å². The Kier molecular flexibility index (Phi) is 2.74. The third-order valence-corrected chi connectivity index (χ3v) is 2.57. The molecule has 2 N–H and O–H groups in total. The second-order valence-electron chi connectivity index (χ2n) is 3.72. The monoisotopic (exact) mass is 229 g/mol. The van der Waals surface area contributed by atoms with Gasteiger partial charge in [0.15, 0.2) is 0 Å². The summed E-state index contributed by atoms with van der Waals surface area (Å²) in [5.41, 5.74) is 8.99. The summed E-state index contributed by atoms with van der Waals surface area (Å²) in [5, 5.41) is 10.6. The first-order valence-electron chi connectivity index (χ1n) is 5.04. The van der Waals surface area contributed by atoms with Gasteiger partial charge in [0.05, 0.1) is 4.92 Å². The van der Waals surface area contributed by atoms with Crippen molar-refractivity contribution in [2.75, 3.05) is 5.73 Å². The average molecular weight is 229 g/mol. The lowest BCUT2D eigenvalue weighted by Gasteiger charge is -2.07. The molecule has 0 saturated carbocycles. The van der Waals surface area contributed by atoms with Crippen LogP contribution >= 0.6 is 0 Å².